The maximum atomic E-state index is 12.9. The van der Waals surface area contributed by atoms with Gasteiger partial charge in [-0.3, -0.25) is 4.79 Å². The second-order valence-electron chi connectivity index (χ2n) is 3.31. The van der Waals surface area contributed by atoms with E-state index in [2.05, 4.69) is 0 Å². The van der Waals surface area contributed by atoms with Crippen molar-refractivity contribution in [3.05, 3.63) is 59.6 Å². The summed E-state index contributed by atoms with van der Waals surface area (Å²) in [4.78, 5) is 11.6. The first-order chi connectivity index (χ1) is 7.66. The summed E-state index contributed by atoms with van der Waals surface area (Å²) in [5.41, 5.74) is 0.135. The van der Waals surface area contributed by atoms with Gasteiger partial charge in [0.15, 0.2) is 17.4 Å². The molecular weight excluding hydrogens is 214 g/mol. The van der Waals surface area contributed by atoms with Gasteiger partial charge >= 0.3 is 0 Å². The van der Waals surface area contributed by atoms with E-state index in [4.69, 9.17) is 4.42 Å². The molecule has 0 atom stereocenters. The normalized spacial score (nSPS) is 10.4. The number of furan rings is 1. The molecule has 0 radical (unpaired) electrons. The van der Waals surface area contributed by atoms with Crippen molar-refractivity contribution in [2.75, 3.05) is 0 Å². The lowest BCUT2D eigenvalue weighted by molar-refractivity contribution is 0.0986. The average molecular weight is 222 g/mol. The number of hydrogen-bond acceptors (Lipinski definition) is 2. The van der Waals surface area contributed by atoms with Crippen LogP contribution in [-0.4, -0.2) is 5.78 Å². The molecule has 1 heterocycles. The Morgan fingerprint density at radius 2 is 2.00 bits per heavy atom. The van der Waals surface area contributed by atoms with Gasteiger partial charge in [-0.25, -0.2) is 8.78 Å². The van der Waals surface area contributed by atoms with Crippen molar-refractivity contribution >= 4 is 5.78 Å². The fraction of sp³-hybridized carbons (Fsp3) is 0.0833. The molecule has 0 aliphatic heterocycles. The number of carbonyl (C=O) groups is 1. The van der Waals surface area contributed by atoms with E-state index in [9.17, 15) is 13.6 Å². The van der Waals surface area contributed by atoms with Crippen LogP contribution in [0.5, 0.6) is 0 Å². The van der Waals surface area contributed by atoms with Gasteiger partial charge in [0.25, 0.3) is 0 Å². The number of Topliss-reactive ketones (excluding diaryl/α,β-unsaturated/α-hetero) is 1. The molecule has 2 aromatic rings. The van der Waals surface area contributed by atoms with Gasteiger partial charge in [-0.1, -0.05) is 0 Å². The third-order valence-electron chi connectivity index (χ3n) is 2.16. The zero-order valence-corrected chi connectivity index (χ0v) is 8.24. The van der Waals surface area contributed by atoms with Crippen LogP contribution in [0.1, 0.15) is 16.1 Å². The molecule has 4 heteroatoms. The highest BCUT2D eigenvalue weighted by atomic mass is 19.2. The predicted molar refractivity (Wildman–Crippen MR) is 53.1 cm³/mol. The minimum absolute atomic E-state index is 0.0398. The average Bonchev–Trinajstić information content (AvgIpc) is 2.74. The van der Waals surface area contributed by atoms with Crippen LogP contribution in [0.2, 0.25) is 0 Å². The molecule has 0 bridgehead atoms. The van der Waals surface area contributed by atoms with Crippen LogP contribution in [0, 0.1) is 11.6 Å². The van der Waals surface area contributed by atoms with Gasteiger partial charge in [-0.2, -0.15) is 0 Å². The van der Waals surface area contributed by atoms with Gasteiger partial charge in [0.2, 0.25) is 0 Å². The Bertz CT molecular complexity index is 504. The quantitative estimate of drug-likeness (QED) is 0.747. The topological polar surface area (TPSA) is 30.2 Å². The van der Waals surface area contributed by atoms with Gasteiger partial charge in [0.05, 0.1) is 12.7 Å². The summed E-state index contributed by atoms with van der Waals surface area (Å²) < 4.78 is 30.5. The summed E-state index contributed by atoms with van der Waals surface area (Å²) in [6, 6.07) is 6.39. The van der Waals surface area contributed by atoms with E-state index in [1.54, 1.807) is 12.1 Å². The van der Waals surface area contributed by atoms with Gasteiger partial charge < -0.3 is 4.42 Å². The molecule has 0 N–H and O–H groups in total. The van der Waals surface area contributed by atoms with Crippen LogP contribution in [0.4, 0.5) is 8.78 Å². The molecule has 0 amide bonds. The highest BCUT2D eigenvalue weighted by Gasteiger charge is 2.11. The first kappa shape index (κ1) is 10.5. The Balaban J connectivity index is 2.18. The first-order valence-electron chi connectivity index (χ1n) is 4.67. The van der Waals surface area contributed by atoms with Crippen LogP contribution in [-0.2, 0) is 6.42 Å². The van der Waals surface area contributed by atoms with Crippen molar-refractivity contribution in [2.45, 2.75) is 6.42 Å². The highest BCUT2D eigenvalue weighted by molar-refractivity contribution is 5.97. The predicted octanol–water partition coefficient (Wildman–Crippen LogP) is 2.98. The fourth-order valence-electron chi connectivity index (χ4n) is 1.34. The molecule has 0 unspecified atom stereocenters. The van der Waals surface area contributed by atoms with Gasteiger partial charge in [-0.05, 0) is 30.3 Å². The Labute approximate surface area is 90.5 Å². The molecule has 16 heavy (non-hydrogen) atoms. The van der Waals surface area contributed by atoms with E-state index in [1.165, 1.54) is 12.3 Å². The summed E-state index contributed by atoms with van der Waals surface area (Å²) in [6.07, 6.45) is 1.49. The summed E-state index contributed by atoms with van der Waals surface area (Å²) in [7, 11) is 0. The summed E-state index contributed by atoms with van der Waals surface area (Å²) in [6.45, 7) is 0. The maximum absolute atomic E-state index is 12.9. The molecule has 82 valence electrons. The number of carbonyl (C=O) groups excluding carboxylic acids is 1. The van der Waals surface area contributed by atoms with Crippen molar-refractivity contribution in [2.24, 2.45) is 0 Å². The summed E-state index contributed by atoms with van der Waals surface area (Å²) >= 11 is 0. The van der Waals surface area contributed by atoms with Gasteiger partial charge in [0, 0.05) is 5.56 Å². The summed E-state index contributed by atoms with van der Waals surface area (Å²) in [5.74, 6) is -1.80. The minimum Gasteiger partial charge on any atom is -0.469 e. The van der Waals surface area contributed by atoms with E-state index < -0.39 is 11.6 Å². The van der Waals surface area contributed by atoms with Crippen LogP contribution in [0.25, 0.3) is 0 Å². The molecule has 0 fully saturated rings. The van der Waals surface area contributed by atoms with E-state index in [-0.39, 0.29) is 17.8 Å². The second-order valence-corrected chi connectivity index (χ2v) is 3.31. The Morgan fingerprint density at radius 3 is 2.62 bits per heavy atom. The number of benzene rings is 1. The number of hydrogen-bond donors (Lipinski definition) is 0. The largest absolute Gasteiger partial charge is 0.469 e. The van der Waals surface area contributed by atoms with Crippen molar-refractivity contribution in [1.82, 2.24) is 0 Å². The molecule has 2 rings (SSSR count). The molecule has 0 aliphatic carbocycles. The molecule has 0 spiro atoms. The standard InChI is InChI=1S/C12H8F2O2/c13-10-4-3-8(6-11(10)14)12(15)7-9-2-1-5-16-9/h1-6H,7H2. The minimum atomic E-state index is -1.02. The molecule has 1 aromatic heterocycles. The molecule has 1 aromatic carbocycles. The molecule has 0 aliphatic rings. The third-order valence-corrected chi connectivity index (χ3v) is 2.16. The number of ketones is 1. The Hall–Kier alpha value is -1.97. The smallest absolute Gasteiger partial charge is 0.170 e. The molecular formula is C12H8F2O2. The number of rotatable bonds is 3. The van der Waals surface area contributed by atoms with E-state index in [0.29, 0.717) is 5.76 Å². The summed E-state index contributed by atoms with van der Waals surface area (Å²) in [5, 5.41) is 0. The van der Waals surface area contributed by atoms with Crippen molar-refractivity contribution in [1.29, 1.82) is 0 Å². The second kappa shape index (κ2) is 4.26. The van der Waals surface area contributed by atoms with Crippen LogP contribution >= 0.6 is 0 Å². The van der Waals surface area contributed by atoms with Crippen LogP contribution in [0.15, 0.2) is 41.0 Å². The monoisotopic (exact) mass is 222 g/mol. The zero-order valence-electron chi connectivity index (χ0n) is 8.24. The Morgan fingerprint density at radius 1 is 1.19 bits per heavy atom. The number of halogens is 2. The maximum Gasteiger partial charge on any atom is 0.170 e. The lowest BCUT2D eigenvalue weighted by Crippen LogP contribution is -2.03. The Kier molecular flexibility index (Phi) is 2.81. The van der Waals surface area contributed by atoms with Crippen molar-refractivity contribution in [3.63, 3.8) is 0 Å². The highest BCUT2D eigenvalue weighted by Crippen LogP contribution is 2.12. The fourth-order valence-corrected chi connectivity index (χ4v) is 1.34. The molecule has 0 saturated heterocycles. The molecule has 0 saturated carbocycles. The lowest BCUT2D eigenvalue weighted by atomic mass is 10.1. The third kappa shape index (κ3) is 2.16. The zero-order chi connectivity index (χ0) is 11.5. The van der Waals surface area contributed by atoms with Crippen molar-refractivity contribution < 1.29 is 18.0 Å². The van der Waals surface area contributed by atoms with E-state index >= 15 is 0 Å². The SMILES string of the molecule is O=C(Cc1ccco1)c1ccc(F)c(F)c1. The van der Waals surface area contributed by atoms with E-state index in [0.717, 1.165) is 12.1 Å². The first-order valence-corrected chi connectivity index (χ1v) is 4.67. The lowest BCUT2D eigenvalue weighted by Gasteiger charge is -1.99. The molecule has 2 nitrogen and oxygen atoms in total. The van der Waals surface area contributed by atoms with Gasteiger partial charge in [-0.15, -0.1) is 0 Å². The van der Waals surface area contributed by atoms with Crippen LogP contribution in [0.3, 0.4) is 0 Å². The van der Waals surface area contributed by atoms with E-state index in [1.807, 2.05) is 0 Å². The van der Waals surface area contributed by atoms with Gasteiger partial charge in [0.1, 0.15) is 5.76 Å². The van der Waals surface area contributed by atoms with Crippen molar-refractivity contribution in [3.8, 4) is 0 Å². The van der Waals surface area contributed by atoms with Crippen LogP contribution < -0.4 is 0 Å².